The third-order valence-electron chi connectivity index (χ3n) is 3.28. The van der Waals surface area contributed by atoms with Gasteiger partial charge in [0, 0.05) is 36.4 Å². The van der Waals surface area contributed by atoms with Crippen LogP contribution in [0.2, 0.25) is 5.02 Å². The summed E-state index contributed by atoms with van der Waals surface area (Å²) >= 11 is 6.09. The lowest BCUT2D eigenvalue weighted by molar-refractivity contribution is 0.0948. The average molecular weight is 334 g/mol. The average Bonchev–Trinajstić information content (AvgIpc) is 2.58. The van der Waals surface area contributed by atoms with Gasteiger partial charge in [-0.05, 0) is 36.8 Å². The van der Waals surface area contributed by atoms with Crippen LogP contribution < -0.4 is 10.1 Å². The van der Waals surface area contributed by atoms with Crippen molar-refractivity contribution >= 4 is 17.5 Å². The maximum atomic E-state index is 11.9. The van der Waals surface area contributed by atoms with Gasteiger partial charge in [-0.2, -0.15) is 0 Å². The van der Waals surface area contributed by atoms with E-state index in [4.69, 9.17) is 21.1 Å². The van der Waals surface area contributed by atoms with Crippen molar-refractivity contribution in [1.82, 2.24) is 5.32 Å². The summed E-state index contributed by atoms with van der Waals surface area (Å²) < 4.78 is 10.6. The number of nitrogens with one attached hydrogen (secondary N) is 1. The predicted octanol–water partition coefficient (Wildman–Crippen LogP) is 3.69. The number of ether oxygens (including phenoxy) is 2. The van der Waals surface area contributed by atoms with E-state index in [0.717, 1.165) is 12.0 Å². The molecular formula is C18H20ClNO3. The van der Waals surface area contributed by atoms with Crippen molar-refractivity contribution in [3.8, 4) is 5.75 Å². The molecule has 0 fully saturated rings. The smallest absolute Gasteiger partial charge is 0.251 e. The number of carbonyl (C=O) groups is 1. The number of carbonyl (C=O) groups excluding carboxylic acids is 1. The molecule has 0 bridgehead atoms. The summed E-state index contributed by atoms with van der Waals surface area (Å²) in [6, 6.07) is 14.6. The molecule has 0 radical (unpaired) electrons. The maximum absolute atomic E-state index is 11.9. The summed E-state index contributed by atoms with van der Waals surface area (Å²) in [6.45, 7) is 1.62. The van der Waals surface area contributed by atoms with Crippen LogP contribution in [0.3, 0.4) is 0 Å². The second-order valence-corrected chi connectivity index (χ2v) is 5.41. The van der Waals surface area contributed by atoms with Gasteiger partial charge < -0.3 is 14.8 Å². The van der Waals surface area contributed by atoms with Crippen LogP contribution in [-0.4, -0.2) is 26.2 Å². The monoisotopic (exact) mass is 333 g/mol. The largest absolute Gasteiger partial charge is 0.489 e. The van der Waals surface area contributed by atoms with E-state index in [2.05, 4.69) is 5.32 Å². The summed E-state index contributed by atoms with van der Waals surface area (Å²) in [5, 5.41) is 3.52. The SMILES string of the molecule is COCCCNC(=O)c1ccc(OCc2ccccc2Cl)cc1. The third-order valence-corrected chi connectivity index (χ3v) is 3.65. The Morgan fingerprint density at radius 3 is 2.57 bits per heavy atom. The standard InChI is InChI=1S/C18H20ClNO3/c1-22-12-4-11-20-18(21)14-7-9-16(10-8-14)23-13-15-5-2-3-6-17(15)19/h2-3,5-10H,4,11-13H2,1H3,(H,20,21). The van der Waals surface area contributed by atoms with Gasteiger partial charge in [-0.15, -0.1) is 0 Å². The van der Waals surface area contributed by atoms with Gasteiger partial charge in [0.15, 0.2) is 0 Å². The zero-order chi connectivity index (χ0) is 16.5. The van der Waals surface area contributed by atoms with E-state index in [1.807, 2.05) is 24.3 Å². The van der Waals surface area contributed by atoms with Crippen LogP contribution >= 0.6 is 11.6 Å². The Kier molecular flexibility index (Phi) is 6.91. The number of halogens is 1. The Morgan fingerprint density at radius 2 is 1.87 bits per heavy atom. The van der Waals surface area contributed by atoms with Gasteiger partial charge in [-0.1, -0.05) is 29.8 Å². The molecule has 2 aromatic carbocycles. The highest BCUT2D eigenvalue weighted by molar-refractivity contribution is 6.31. The van der Waals surface area contributed by atoms with Crippen molar-refractivity contribution in [3.05, 3.63) is 64.7 Å². The highest BCUT2D eigenvalue weighted by Gasteiger charge is 2.05. The highest BCUT2D eigenvalue weighted by atomic mass is 35.5. The first-order valence-electron chi connectivity index (χ1n) is 7.44. The predicted molar refractivity (Wildman–Crippen MR) is 91.1 cm³/mol. The fourth-order valence-corrected chi connectivity index (χ4v) is 2.19. The number of benzene rings is 2. The Labute approximate surface area is 141 Å². The molecule has 2 rings (SSSR count). The molecule has 2 aromatic rings. The van der Waals surface area contributed by atoms with E-state index in [-0.39, 0.29) is 5.91 Å². The molecule has 0 saturated heterocycles. The minimum atomic E-state index is -0.0984. The first-order chi connectivity index (χ1) is 11.2. The second kappa shape index (κ2) is 9.18. The van der Waals surface area contributed by atoms with Crippen LogP contribution in [0.1, 0.15) is 22.3 Å². The van der Waals surface area contributed by atoms with E-state index < -0.39 is 0 Å². The molecule has 23 heavy (non-hydrogen) atoms. The molecule has 1 N–H and O–H groups in total. The van der Waals surface area contributed by atoms with E-state index >= 15 is 0 Å². The summed E-state index contributed by atoms with van der Waals surface area (Å²) in [4.78, 5) is 11.9. The summed E-state index contributed by atoms with van der Waals surface area (Å²) in [5.41, 5.74) is 1.53. The number of methoxy groups -OCH3 is 1. The van der Waals surface area contributed by atoms with Crippen LogP contribution in [-0.2, 0) is 11.3 Å². The molecule has 1 amide bonds. The highest BCUT2D eigenvalue weighted by Crippen LogP contribution is 2.19. The van der Waals surface area contributed by atoms with Crippen LogP contribution in [0, 0.1) is 0 Å². The zero-order valence-electron chi connectivity index (χ0n) is 13.0. The molecule has 0 aromatic heterocycles. The Morgan fingerprint density at radius 1 is 1.13 bits per heavy atom. The lowest BCUT2D eigenvalue weighted by Crippen LogP contribution is -2.25. The molecule has 0 atom stereocenters. The molecule has 0 aliphatic rings. The van der Waals surface area contributed by atoms with Crippen LogP contribution in [0.5, 0.6) is 5.75 Å². The van der Waals surface area contributed by atoms with Gasteiger partial charge in [0.2, 0.25) is 0 Å². The van der Waals surface area contributed by atoms with E-state index in [1.54, 1.807) is 31.4 Å². The normalized spacial score (nSPS) is 10.3. The Bertz CT molecular complexity index is 628. The minimum Gasteiger partial charge on any atom is -0.489 e. The fraction of sp³-hybridized carbons (Fsp3) is 0.278. The minimum absolute atomic E-state index is 0.0984. The van der Waals surface area contributed by atoms with Crippen molar-refractivity contribution in [1.29, 1.82) is 0 Å². The van der Waals surface area contributed by atoms with Crippen molar-refractivity contribution in [2.24, 2.45) is 0 Å². The molecule has 0 heterocycles. The van der Waals surface area contributed by atoms with E-state index in [0.29, 0.717) is 36.1 Å². The number of hydrogen-bond acceptors (Lipinski definition) is 3. The van der Waals surface area contributed by atoms with Crippen molar-refractivity contribution in [2.75, 3.05) is 20.3 Å². The molecule has 0 aliphatic carbocycles. The van der Waals surface area contributed by atoms with Gasteiger partial charge in [-0.3, -0.25) is 4.79 Å². The molecule has 122 valence electrons. The van der Waals surface area contributed by atoms with Gasteiger partial charge in [0.05, 0.1) is 0 Å². The van der Waals surface area contributed by atoms with Crippen molar-refractivity contribution < 1.29 is 14.3 Å². The molecule has 0 saturated carbocycles. The van der Waals surface area contributed by atoms with Crippen LogP contribution in [0.25, 0.3) is 0 Å². The summed E-state index contributed by atoms with van der Waals surface area (Å²) in [6.07, 6.45) is 0.793. The Hall–Kier alpha value is -2.04. The first kappa shape index (κ1) is 17.3. The van der Waals surface area contributed by atoms with Gasteiger partial charge in [0.1, 0.15) is 12.4 Å². The van der Waals surface area contributed by atoms with E-state index in [9.17, 15) is 4.79 Å². The fourth-order valence-electron chi connectivity index (χ4n) is 2.00. The van der Waals surface area contributed by atoms with E-state index in [1.165, 1.54) is 0 Å². The van der Waals surface area contributed by atoms with Gasteiger partial charge >= 0.3 is 0 Å². The molecule has 0 unspecified atom stereocenters. The molecule has 0 spiro atoms. The quantitative estimate of drug-likeness (QED) is 0.749. The number of hydrogen-bond donors (Lipinski definition) is 1. The topological polar surface area (TPSA) is 47.6 Å². The molecular weight excluding hydrogens is 314 g/mol. The third kappa shape index (κ3) is 5.58. The second-order valence-electron chi connectivity index (χ2n) is 5.01. The summed E-state index contributed by atoms with van der Waals surface area (Å²) in [7, 11) is 1.64. The lowest BCUT2D eigenvalue weighted by Gasteiger charge is -2.09. The first-order valence-corrected chi connectivity index (χ1v) is 7.82. The van der Waals surface area contributed by atoms with Crippen LogP contribution in [0.4, 0.5) is 0 Å². The van der Waals surface area contributed by atoms with Crippen molar-refractivity contribution in [3.63, 3.8) is 0 Å². The molecule has 0 aliphatic heterocycles. The van der Waals surface area contributed by atoms with Crippen LogP contribution in [0.15, 0.2) is 48.5 Å². The number of rotatable bonds is 8. The summed E-state index contributed by atoms with van der Waals surface area (Å²) in [5.74, 6) is 0.597. The zero-order valence-corrected chi connectivity index (χ0v) is 13.8. The van der Waals surface area contributed by atoms with Crippen molar-refractivity contribution in [2.45, 2.75) is 13.0 Å². The lowest BCUT2D eigenvalue weighted by atomic mass is 10.2. The molecule has 4 nitrogen and oxygen atoms in total. The van der Waals surface area contributed by atoms with Gasteiger partial charge in [0.25, 0.3) is 5.91 Å². The molecule has 5 heteroatoms. The maximum Gasteiger partial charge on any atom is 0.251 e. The number of amides is 1. The Balaban J connectivity index is 1.84. The van der Waals surface area contributed by atoms with Gasteiger partial charge in [-0.25, -0.2) is 0 Å².